The Balaban J connectivity index is 2.43. The van der Waals surface area contributed by atoms with Crippen LogP contribution in [0.25, 0.3) is 0 Å². The molecule has 1 aliphatic rings. The second-order valence-electron chi connectivity index (χ2n) is 5.70. The first-order valence-corrected chi connectivity index (χ1v) is 7.77. The molecular weight excluding hydrogens is 224 g/mol. The van der Waals surface area contributed by atoms with Gasteiger partial charge in [0.25, 0.3) is 0 Å². The first-order chi connectivity index (χ1) is 8.76. The average Bonchev–Trinajstić information content (AvgIpc) is 2.84. The third-order valence-electron chi connectivity index (χ3n) is 3.95. The first-order valence-electron chi connectivity index (χ1n) is 7.77. The van der Waals surface area contributed by atoms with Gasteiger partial charge in [-0.05, 0) is 38.9 Å². The summed E-state index contributed by atoms with van der Waals surface area (Å²) in [7, 11) is 0. The van der Waals surface area contributed by atoms with Gasteiger partial charge in [0.2, 0.25) is 0 Å². The van der Waals surface area contributed by atoms with Gasteiger partial charge in [0.05, 0.1) is 6.61 Å². The van der Waals surface area contributed by atoms with Gasteiger partial charge >= 0.3 is 0 Å². The van der Waals surface area contributed by atoms with E-state index >= 15 is 0 Å². The zero-order chi connectivity index (χ0) is 13.3. The molecule has 0 aliphatic carbocycles. The van der Waals surface area contributed by atoms with Crippen LogP contribution in [0.5, 0.6) is 0 Å². The van der Waals surface area contributed by atoms with Crippen LogP contribution in [-0.2, 0) is 4.74 Å². The quantitative estimate of drug-likeness (QED) is 0.608. The SMILES string of the molecule is CCCCN(CC)CC1(CNCCC)CCOC1. The van der Waals surface area contributed by atoms with Gasteiger partial charge in [-0.3, -0.25) is 0 Å². The monoisotopic (exact) mass is 256 g/mol. The van der Waals surface area contributed by atoms with Crippen LogP contribution in [0.3, 0.4) is 0 Å². The van der Waals surface area contributed by atoms with E-state index in [2.05, 4.69) is 31.0 Å². The molecule has 0 saturated carbocycles. The summed E-state index contributed by atoms with van der Waals surface area (Å²) < 4.78 is 5.67. The predicted molar refractivity (Wildman–Crippen MR) is 78.1 cm³/mol. The van der Waals surface area contributed by atoms with Crippen LogP contribution in [0.2, 0.25) is 0 Å². The van der Waals surface area contributed by atoms with Crippen LogP contribution in [0.15, 0.2) is 0 Å². The second-order valence-corrected chi connectivity index (χ2v) is 5.70. The van der Waals surface area contributed by atoms with Crippen molar-refractivity contribution >= 4 is 0 Å². The number of unbranched alkanes of at least 4 members (excludes halogenated alkanes) is 1. The molecular formula is C15H32N2O. The lowest BCUT2D eigenvalue weighted by molar-refractivity contribution is 0.110. The summed E-state index contributed by atoms with van der Waals surface area (Å²) in [4.78, 5) is 2.60. The van der Waals surface area contributed by atoms with Gasteiger partial charge in [-0.25, -0.2) is 0 Å². The second kappa shape index (κ2) is 8.89. The van der Waals surface area contributed by atoms with E-state index in [1.165, 1.54) is 38.8 Å². The molecule has 1 fully saturated rings. The number of ether oxygens (including phenoxy) is 1. The van der Waals surface area contributed by atoms with Crippen LogP contribution in [0.4, 0.5) is 0 Å². The molecule has 3 heteroatoms. The van der Waals surface area contributed by atoms with Gasteiger partial charge in [-0.2, -0.15) is 0 Å². The lowest BCUT2D eigenvalue weighted by atomic mass is 9.86. The molecule has 1 rings (SSSR count). The van der Waals surface area contributed by atoms with E-state index < -0.39 is 0 Å². The molecule has 108 valence electrons. The lowest BCUT2D eigenvalue weighted by Gasteiger charge is -2.34. The molecule has 1 unspecified atom stereocenters. The fourth-order valence-corrected chi connectivity index (χ4v) is 2.70. The maximum atomic E-state index is 5.67. The normalized spacial score (nSPS) is 24.0. The van der Waals surface area contributed by atoms with Gasteiger partial charge in [0.1, 0.15) is 0 Å². The van der Waals surface area contributed by atoms with Crippen molar-refractivity contribution in [3.63, 3.8) is 0 Å². The summed E-state index contributed by atoms with van der Waals surface area (Å²) in [6.45, 7) is 14.5. The van der Waals surface area contributed by atoms with Crippen molar-refractivity contribution < 1.29 is 4.74 Å². The van der Waals surface area contributed by atoms with E-state index in [0.717, 1.165) is 32.8 Å². The van der Waals surface area contributed by atoms with Crippen molar-refractivity contribution in [2.24, 2.45) is 5.41 Å². The molecule has 1 N–H and O–H groups in total. The van der Waals surface area contributed by atoms with Gasteiger partial charge in [0.15, 0.2) is 0 Å². The minimum Gasteiger partial charge on any atom is -0.381 e. The summed E-state index contributed by atoms with van der Waals surface area (Å²) >= 11 is 0. The van der Waals surface area contributed by atoms with E-state index in [1.54, 1.807) is 0 Å². The Morgan fingerprint density at radius 3 is 2.61 bits per heavy atom. The van der Waals surface area contributed by atoms with Crippen molar-refractivity contribution in [2.75, 3.05) is 45.9 Å². The molecule has 0 amide bonds. The number of nitrogens with zero attached hydrogens (tertiary/aromatic N) is 1. The van der Waals surface area contributed by atoms with Crippen LogP contribution >= 0.6 is 0 Å². The van der Waals surface area contributed by atoms with Gasteiger partial charge in [0, 0.05) is 25.1 Å². The molecule has 1 atom stereocenters. The fourth-order valence-electron chi connectivity index (χ4n) is 2.70. The largest absolute Gasteiger partial charge is 0.381 e. The smallest absolute Gasteiger partial charge is 0.0547 e. The van der Waals surface area contributed by atoms with Gasteiger partial charge in [-0.1, -0.05) is 27.2 Å². The van der Waals surface area contributed by atoms with Crippen molar-refractivity contribution in [1.29, 1.82) is 0 Å². The Kier molecular flexibility index (Phi) is 7.87. The number of nitrogens with one attached hydrogen (secondary N) is 1. The lowest BCUT2D eigenvalue weighted by Crippen LogP contribution is -2.45. The summed E-state index contributed by atoms with van der Waals surface area (Å²) in [6.07, 6.45) is 5.03. The Bertz CT molecular complexity index is 203. The fraction of sp³-hybridized carbons (Fsp3) is 1.00. The molecule has 0 aromatic rings. The molecule has 0 radical (unpaired) electrons. The topological polar surface area (TPSA) is 24.5 Å². The number of hydrogen-bond donors (Lipinski definition) is 1. The van der Waals surface area contributed by atoms with Crippen molar-refractivity contribution in [3.05, 3.63) is 0 Å². The van der Waals surface area contributed by atoms with Crippen molar-refractivity contribution in [1.82, 2.24) is 10.2 Å². The van der Waals surface area contributed by atoms with E-state index in [-0.39, 0.29) is 0 Å². The zero-order valence-corrected chi connectivity index (χ0v) is 12.6. The van der Waals surface area contributed by atoms with Gasteiger partial charge in [-0.15, -0.1) is 0 Å². The van der Waals surface area contributed by atoms with Crippen LogP contribution in [0, 0.1) is 5.41 Å². The number of rotatable bonds is 10. The Labute approximate surface area is 113 Å². The van der Waals surface area contributed by atoms with E-state index in [9.17, 15) is 0 Å². The van der Waals surface area contributed by atoms with Crippen molar-refractivity contribution in [3.8, 4) is 0 Å². The van der Waals surface area contributed by atoms with Crippen LogP contribution < -0.4 is 5.32 Å². The highest BCUT2D eigenvalue weighted by Gasteiger charge is 2.35. The maximum Gasteiger partial charge on any atom is 0.0547 e. The predicted octanol–water partition coefficient (Wildman–Crippen LogP) is 2.51. The maximum absolute atomic E-state index is 5.67. The average molecular weight is 256 g/mol. The molecule has 0 aromatic carbocycles. The summed E-state index contributed by atoms with van der Waals surface area (Å²) in [6, 6.07) is 0. The Morgan fingerprint density at radius 2 is 2.06 bits per heavy atom. The minimum absolute atomic E-state index is 0.360. The number of hydrogen-bond acceptors (Lipinski definition) is 3. The summed E-state index contributed by atoms with van der Waals surface area (Å²) in [5, 5.41) is 3.60. The molecule has 1 aliphatic heterocycles. The highest BCUT2D eigenvalue weighted by atomic mass is 16.5. The highest BCUT2D eigenvalue weighted by molar-refractivity contribution is 4.88. The Morgan fingerprint density at radius 1 is 1.22 bits per heavy atom. The zero-order valence-electron chi connectivity index (χ0n) is 12.6. The minimum atomic E-state index is 0.360. The molecule has 0 aromatic heterocycles. The van der Waals surface area contributed by atoms with E-state index in [4.69, 9.17) is 4.74 Å². The van der Waals surface area contributed by atoms with Crippen LogP contribution in [0.1, 0.15) is 46.5 Å². The summed E-state index contributed by atoms with van der Waals surface area (Å²) in [5.41, 5.74) is 0.360. The third-order valence-corrected chi connectivity index (χ3v) is 3.95. The third kappa shape index (κ3) is 5.25. The highest BCUT2D eigenvalue weighted by Crippen LogP contribution is 2.29. The van der Waals surface area contributed by atoms with Crippen molar-refractivity contribution in [2.45, 2.75) is 46.5 Å². The van der Waals surface area contributed by atoms with E-state index in [0.29, 0.717) is 5.41 Å². The molecule has 0 spiro atoms. The van der Waals surface area contributed by atoms with Gasteiger partial charge < -0.3 is 15.0 Å². The first kappa shape index (κ1) is 15.9. The van der Waals surface area contributed by atoms with E-state index in [1.807, 2.05) is 0 Å². The molecule has 1 heterocycles. The van der Waals surface area contributed by atoms with Crippen LogP contribution in [-0.4, -0.2) is 50.8 Å². The molecule has 1 saturated heterocycles. The Hall–Kier alpha value is -0.120. The summed E-state index contributed by atoms with van der Waals surface area (Å²) in [5.74, 6) is 0. The standard InChI is InChI=1S/C15H32N2O/c1-4-7-10-17(6-3)13-15(8-11-18-14-15)12-16-9-5-2/h16H,4-14H2,1-3H3. The molecule has 3 nitrogen and oxygen atoms in total. The molecule has 0 bridgehead atoms. The molecule has 18 heavy (non-hydrogen) atoms.